The molecule has 94 valence electrons. The first kappa shape index (κ1) is 13.7. The number of carbonyl (C=O) groups is 1. The Hall–Kier alpha value is -1.35. The van der Waals surface area contributed by atoms with E-state index >= 15 is 0 Å². The van der Waals surface area contributed by atoms with Gasteiger partial charge < -0.3 is 10.2 Å². The first-order valence-electron chi connectivity index (χ1n) is 5.92. The number of aliphatic hydroxyl groups excluding tert-OH is 1. The summed E-state index contributed by atoms with van der Waals surface area (Å²) in [5.41, 5.74) is 2.19. The van der Waals surface area contributed by atoms with Crippen molar-refractivity contribution < 1.29 is 15.0 Å². The largest absolute Gasteiger partial charge is 0.481 e. The van der Waals surface area contributed by atoms with Crippen molar-refractivity contribution in [3.63, 3.8) is 0 Å². The van der Waals surface area contributed by atoms with Gasteiger partial charge in [0.05, 0.1) is 5.92 Å². The van der Waals surface area contributed by atoms with E-state index in [-0.39, 0.29) is 12.5 Å². The minimum Gasteiger partial charge on any atom is -0.481 e. The Bertz CT molecular complexity index is 373. The lowest BCUT2D eigenvalue weighted by Crippen LogP contribution is -2.21. The molecule has 2 N–H and O–H groups in total. The molecule has 0 spiro atoms. The number of aliphatic hydroxyl groups is 1. The molecular formula is C14H20O3. The number of aryl methyl sites for hydroxylation is 1. The van der Waals surface area contributed by atoms with Gasteiger partial charge in [0.15, 0.2) is 0 Å². The van der Waals surface area contributed by atoms with E-state index in [4.69, 9.17) is 5.11 Å². The van der Waals surface area contributed by atoms with E-state index in [1.54, 1.807) is 0 Å². The minimum atomic E-state index is -0.784. The van der Waals surface area contributed by atoms with Crippen LogP contribution in [0.3, 0.4) is 0 Å². The van der Waals surface area contributed by atoms with Crippen molar-refractivity contribution in [2.24, 2.45) is 11.8 Å². The average molecular weight is 236 g/mol. The van der Waals surface area contributed by atoms with Crippen molar-refractivity contribution in [1.82, 2.24) is 0 Å². The predicted octanol–water partition coefficient (Wildman–Crippen LogP) is 2.26. The first-order chi connectivity index (χ1) is 8.04. The van der Waals surface area contributed by atoms with Crippen LogP contribution >= 0.6 is 0 Å². The molecule has 2 atom stereocenters. The summed E-state index contributed by atoms with van der Waals surface area (Å²) in [6.07, 6.45) is 1.05. The number of aliphatic carboxylic acids is 1. The lowest BCUT2D eigenvalue weighted by atomic mass is 9.89. The monoisotopic (exact) mass is 236 g/mol. The summed E-state index contributed by atoms with van der Waals surface area (Å²) in [7, 11) is 0. The molecule has 3 heteroatoms. The van der Waals surface area contributed by atoms with E-state index in [0.717, 1.165) is 11.1 Å². The van der Waals surface area contributed by atoms with Crippen LogP contribution in [0.25, 0.3) is 0 Å². The highest BCUT2D eigenvalue weighted by molar-refractivity contribution is 5.70. The lowest BCUT2D eigenvalue weighted by molar-refractivity contribution is -0.142. The van der Waals surface area contributed by atoms with Crippen LogP contribution in [0, 0.1) is 18.8 Å². The van der Waals surface area contributed by atoms with Crippen molar-refractivity contribution >= 4 is 5.97 Å². The predicted molar refractivity (Wildman–Crippen MR) is 66.9 cm³/mol. The maximum Gasteiger partial charge on any atom is 0.306 e. The summed E-state index contributed by atoms with van der Waals surface area (Å²) in [6, 6.07) is 7.83. The summed E-state index contributed by atoms with van der Waals surface area (Å²) in [5.74, 6) is -1.17. The standard InChI is InChI=1S/C14H20O3/c1-10(9-15)7-13(14(16)17)8-12-6-4-3-5-11(12)2/h3-6,10,13,15H,7-9H2,1-2H3,(H,16,17). The number of benzene rings is 1. The summed E-state index contributed by atoms with van der Waals surface area (Å²) in [6.45, 7) is 3.90. The molecule has 1 rings (SSSR count). The minimum absolute atomic E-state index is 0.0279. The topological polar surface area (TPSA) is 57.5 Å². The van der Waals surface area contributed by atoms with E-state index in [0.29, 0.717) is 12.8 Å². The molecule has 0 bridgehead atoms. The van der Waals surface area contributed by atoms with Gasteiger partial charge in [-0.15, -0.1) is 0 Å². The fourth-order valence-corrected chi connectivity index (χ4v) is 1.94. The van der Waals surface area contributed by atoms with E-state index in [1.165, 1.54) is 0 Å². The third kappa shape index (κ3) is 4.19. The van der Waals surface area contributed by atoms with Crippen LogP contribution in [0.15, 0.2) is 24.3 Å². The van der Waals surface area contributed by atoms with Crippen molar-refractivity contribution in [2.75, 3.05) is 6.61 Å². The smallest absolute Gasteiger partial charge is 0.306 e. The van der Waals surface area contributed by atoms with Crippen molar-refractivity contribution in [1.29, 1.82) is 0 Å². The molecule has 0 saturated heterocycles. The third-order valence-corrected chi connectivity index (χ3v) is 3.08. The number of carboxylic acid groups (broad SMARTS) is 1. The number of hydrogen-bond acceptors (Lipinski definition) is 2. The second kappa shape index (κ2) is 6.40. The molecule has 0 heterocycles. The second-order valence-corrected chi connectivity index (χ2v) is 4.69. The van der Waals surface area contributed by atoms with Gasteiger partial charge in [-0.1, -0.05) is 31.2 Å². The van der Waals surface area contributed by atoms with Gasteiger partial charge in [-0.2, -0.15) is 0 Å². The van der Waals surface area contributed by atoms with Crippen LogP contribution in [0.1, 0.15) is 24.5 Å². The molecule has 0 amide bonds. The van der Waals surface area contributed by atoms with Gasteiger partial charge in [-0.3, -0.25) is 4.79 Å². The highest BCUT2D eigenvalue weighted by atomic mass is 16.4. The quantitative estimate of drug-likeness (QED) is 0.796. The molecule has 1 aromatic rings. The van der Waals surface area contributed by atoms with Gasteiger partial charge in [0, 0.05) is 6.61 Å². The van der Waals surface area contributed by atoms with Gasteiger partial charge in [-0.25, -0.2) is 0 Å². The molecule has 0 aromatic heterocycles. The molecule has 17 heavy (non-hydrogen) atoms. The van der Waals surface area contributed by atoms with E-state index in [1.807, 2.05) is 38.1 Å². The van der Waals surface area contributed by atoms with Crippen molar-refractivity contribution in [3.8, 4) is 0 Å². The molecule has 0 fully saturated rings. The third-order valence-electron chi connectivity index (χ3n) is 3.08. The average Bonchev–Trinajstić information content (AvgIpc) is 2.30. The Labute approximate surface area is 102 Å². The van der Waals surface area contributed by atoms with E-state index < -0.39 is 11.9 Å². The van der Waals surface area contributed by atoms with Gasteiger partial charge in [-0.05, 0) is 36.8 Å². The number of carboxylic acids is 1. The fraction of sp³-hybridized carbons (Fsp3) is 0.500. The second-order valence-electron chi connectivity index (χ2n) is 4.69. The zero-order chi connectivity index (χ0) is 12.8. The summed E-state index contributed by atoms with van der Waals surface area (Å²) in [4.78, 5) is 11.2. The summed E-state index contributed by atoms with van der Waals surface area (Å²) < 4.78 is 0. The SMILES string of the molecule is Cc1ccccc1CC(CC(C)CO)C(=O)O. The first-order valence-corrected chi connectivity index (χ1v) is 5.92. The lowest BCUT2D eigenvalue weighted by Gasteiger charge is -2.17. The van der Waals surface area contributed by atoms with Crippen LogP contribution in [0.2, 0.25) is 0 Å². The molecule has 0 aliphatic heterocycles. The molecule has 0 radical (unpaired) electrons. The maximum atomic E-state index is 11.2. The van der Waals surface area contributed by atoms with Crippen LogP contribution in [-0.4, -0.2) is 22.8 Å². The molecular weight excluding hydrogens is 216 g/mol. The number of hydrogen-bond donors (Lipinski definition) is 2. The normalized spacial score (nSPS) is 14.3. The van der Waals surface area contributed by atoms with Gasteiger partial charge in [0.2, 0.25) is 0 Å². The Kier molecular flexibility index (Phi) is 5.16. The van der Waals surface area contributed by atoms with Gasteiger partial charge >= 0.3 is 5.97 Å². The summed E-state index contributed by atoms with van der Waals surface area (Å²) >= 11 is 0. The molecule has 3 nitrogen and oxygen atoms in total. The Balaban J connectivity index is 2.74. The fourth-order valence-electron chi connectivity index (χ4n) is 1.94. The molecule has 0 saturated carbocycles. The Morgan fingerprint density at radius 3 is 2.53 bits per heavy atom. The highest BCUT2D eigenvalue weighted by Gasteiger charge is 2.21. The zero-order valence-corrected chi connectivity index (χ0v) is 10.4. The van der Waals surface area contributed by atoms with E-state index in [9.17, 15) is 9.90 Å². The maximum absolute atomic E-state index is 11.2. The van der Waals surface area contributed by atoms with Crippen LogP contribution in [-0.2, 0) is 11.2 Å². The van der Waals surface area contributed by atoms with Crippen LogP contribution in [0.4, 0.5) is 0 Å². The highest BCUT2D eigenvalue weighted by Crippen LogP contribution is 2.19. The zero-order valence-electron chi connectivity index (χ0n) is 10.4. The van der Waals surface area contributed by atoms with Crippen LogP contribution in [0.5, 0.6) is 0 Å². The number of rotatable bonds is 6. The molecule has 1 aromatic carbocycles. The van der Waals surface area contributed by atoms with Crippen molar-refractivity contribution in [3.05, 3.63) is 35.4 Å². The van der Waals surface area contributed by atoms with Gasteiger partial charge in [0.1, 0.15) is 0 Å². The van der Waals surface area contributed by atoms with Crippen molar-refractivity contribution in [2.45, 2.75) is 26.7 Å². The molecule has 0 aliphatic carbocycles. The molecule has 0 aliphatic rings. The summed E-state index contributed by atoms with van der Waals surface area (Å²) in [5, 5.41) is 18.2. The van der Waals surface area contributed by atoms with Gasteiger partial charge in [0.25, 0.3) is 0 Å². The Morgan fingerprint density at radius 1 is 1.35 bits per heavy atom. The van der Waals surface area contributed by atoms with E-state index in [2.05, 4.69) is 0 Å². The Morgan fingerprint density at radius 2 is 2.00 bits per heavy atom. The molecule has 2 unspecified atom stereocenters. The van der Waals surface area contributed by atoms with Crippen LogP contribution < -0.4 is 0 Å².